The standard InChI is InChI=1S/C31H23N3O5/c1-2-25(30(35)32-22-13-11-19-7-3-4-8-20(19)17-22)39-31(36)21-12-14-23-24(18-21)34-29(27-10-6-16-38-27)28(33-23)26-9-5-15-37-26/h3-18,25H,2H2,1H3,(H,32,35). The van der Waals surface area contributed by atoms with Crippen LogP contribution in [0, 0.1) is 0 Å². The average Bonchev–Trinajstić information content (AvgIpc) is 3.70. The van der Waals surface area contributed by atoms with Gasteiger partial charge in [0.15, 0.2) is 17.6 Å². The van der Waals surface area contributed by atoms with Gasteiger partial charge in [-0.05, 0) is 71.8 Å². The molecule has 0 radical (unpaired) electrons. The normalized spacial score (nSPS) is 11.9. The lowest BCUT2D eigenvalue weighted by Gasteiger charge is -2.16. The van der Waals surface area contributed by atoms with Crippen LogP contribution in [0.1, 0.15) is 23.7 Å². The molecule has 8 heteroatoms. The van der Waals surface area contributed by atoms with Gasteiger partial charge in [0.05, 0.1) is 29.1 Å². The largest absolute Gasteiger partial charge is 0.463 e. The molecule has 3 heterocycles. The molecule has 39 heavy (non-hydrogen) atoms. The first-order valence-electron chi connectivity index (χ1n) is 12.5. The van der Waals surface area contributed by atoms with Gasteiger partial charge in [-0.15, -0.1) is 0 Å². The molecule has 1 atom stereocenters. The Hall–Kier alpha value is -5.24. The maximum atomic E-state index is 13.1. The maximum absolute atomic E-state index is 13.1. The molecule has 0 aliphatic heterocycles. The molecule has 1 unspecified atom stereocenters. The van der Waals surface area contributed by atoms with Crippen molar-refractivity contribution in [3.63, 3.8) is 0 Å². The first kappa shape index (κ1) is 24.1. The summed E-state index contributed by atoms with van der Waals surface area (Å²) in [6.07, 6.45) is 2.46. The topological polar surface area (TPSA) is 107 Å². The number of hydrogen-bond donors (Lipinski definition) is 1. The molecule has 3 aromatic heterocycles. The van der Waals surface area contributed by atoms with E-state index in [1.54, 1.807) is 61.9 Å². The fraction of sp³-hybridized carbons (Fsp3) is 0.0968. The van der Waals surface area contributed by atoms with Crippen LogP contribution in [0.3, 0.4) is 0 Å². The van der Waals surface area contributed by atoms with E-state index in [-0.39, 0.29) is 5.56 Å². The number of nitrogens with one attached hydrogen (secondary N) is 1. The quantitative estimate of drug-likeness (QED) is 0.230. The van der Waals surface area contributed by atoms with Gasteiger partial charge in [0, 0.05) is 5.69 Å². The Kier molecular flexibility index (Phi) is 6.34. The zero-order valence-electron chi connectivity index (χ0n) is 21.0. The van der Waals surface area contributed by atoms with Crippen molar-refractivity contribution in [2.24, 2.45) is 0 Å². The number of carbonyl (C=O) groups excluding carboxylic acids is 2. The van der Waals surface area contributed by atoms with E-state index >= 15 is 0 Å². The lowest BCUT2D eigenvalue weighted by atomic mass is 10.1. The minimum absolute atomic E-state index is 0.255. The molecule has 0 spiro atoms. The van der Waals surface area contributed by atoms with Crippen LogP contribution in [-0.4, -0.2) is 27.9 Å². The summed E-state index contributed by atoms with van der Waals surface area (Å²) in [5.41, 5.74) is 2.93. The van der Waals surface area contributed by atoms with Crippen LogP contribution >= 0.6 is 0 Å². The Bertz CT molecular complexity index is 1790. The van der Waals surface area contributed by atoms with Crippen molar-refractivity contribution in [1.82, 2.24) is 9.97 Å². The van der Waals surface area contributed by atoms with Crippen LogP contribution in [0.25, 0.3) is 44.7 Å². The average molecular weight is 518 g/mol. The second kappa shape index (κ2) is 10.3. The highest BCUT2D eigenvalue weighted by atomic mass is 16.5. The minimum atomic E-state index is -0.967. The number of ether oxygens (including phenoxy) is 1. The number of nitrogens with zero attached hydrogens (tertiary/aromatic N) is 2. The third-order valence-corrected chi connectivity index (χ3v) is 6.34. The van der Waals surface area contributed by atoms with E-state index in [1.807, 2.05) is 42.5 Å². The van der Waals surface area contributed by atoms with Crippen LogP contribution in [0.15, 0.2) is 106 Å². The molecule has 0 aliphatic carbocycles. The number of benzene rings is 3. The van der Waals surface area contributed by atoms with Crippen LogP contribution < -0.4 is 5.32 Å². The van der Waals surface area contributed by atoms with Gasteiger partial charge in [-0.3, -0.25) is 4.79 Å². The van der Waals surface area contributed by atoms with Crippen LogP contribution in [0.5, 0.6) is 0 Å². The molecule has 0 saturated carbocycles. The third-order valence-electron chi connectivity index (χ3n) is 6.34. The number of aromatic nitrogens is 2. The number of esters is 1. The van der Waals surface area contributed by atoms with E-state index < -0.39 is 18.0 Å². The summed E-state index contributed by atoms with van der Waals surface area (Å²) in [6, 6.07) is 25.5. The summed E-state index contributed by atoms with van der Waals surface area (Å²) in [5.74, 6) is 0.0291. The van der Waals surface area contributed by atoms with Crippen molar-refractivity contribution in [2.75, 3.05) is 5.32 Å². The van der Waals surface area contributed by atoms with Gasteiger partial charge in [0.1, 0.15) is 11.4 Å². The monoisotopic (exact) mass is 517 g/mol. The molecule has 192 valence electrons. The highest BCUT2D eigenvalue weighted by Gasteiger charge is 2.23. The summed E-state index contributed by atoms with van der Waals surface area (Å²) < 4.78 is 16.7. The summed E-state index contributed by atoms with van der Waals surface area (Å²) in [7, 11) is 0. The summed E-state index contributed by atoms with van der Waals surface area (Å²) in [6.45, 7) is 1.79. The van der Waals surface area contributed by atoms with E-state index in [0.717, 1.165) is 10.8 Å². The molecule has 0 fully saturated rings. The number of carbonyl (C=O) groups is 2. The maximum Gasteiger partial charge on any atom is 0.338 e. The van der Waals surface area contributed by atoms with Crippen LogP contribution in [-0.2, 0) is 9.53 Å². The third kappa shape index (κ3) is 4.87. The van der Waals surface area contributed by atoms with Crippen LogP contribution in [0.2, 0.25) is 0 Å². The van der Waals surface area contributed by atoms with E-state index in [4.69, 9.17) is 23.5 Å². The van der Waals surface area contributed by atoms with Gasteiger partial charge >= 0.3 is 5.97 Å². The zero-order chi connectivity index (χ0) is 26.8. The van der Waals surface area contributed by atoms with E-state index in [0.29, 0.717) is 46.0 Å². The summed E-state index contributed by atoms with van der Waals surface area (Å²) in [5, 5.41) is 4.93. The molecule has 1 N–H and O–H groups in total. The molecule has 8 nitrogen and oxygen atoms in total. The second-order valence-electron chi connectivity index (χ2n) is 8.93. The molecule has 1 amide bonds. The molecule has 6 rings (SSSR count). The Labute approximate surface area is 223 Å². The van der Waals surface area contributed by atoms with E-state index in [1.165, 1.54) is 0 Å². The van der Waals surface area contributed by atoms with Crippen molar-refractivity contribution in [1.29, 1.82) is 0 Å². The molecule has 0 saturated heterocycles. The highest BCUT2D eigenvalue weighted by Crippen LogP contribution is 2.32. The number of fused-ring (bicyclic) bond motifs is 2. The lowest BCUT2D eigenvalue weighted by Crippen LogP contribution is -2.32. The number of furan rings is 2. The fourth-order valence-corrected chi connectivity index (χ4v) is 4.36. The van der Waals surface area contributed by atoms with Gasteiger partial charge in [0.25, 0.3) is 5.91 Å². The van der Waals surface area contributed by atoms with Gasteiger partial charge in [-0.2, -0.15) is 0 Å². The lowest BCUT2D eigenvalue weighted by molar-refractivity contribution is -0.124. The fourth-order valence-electron chi connectivity index (χ4n) is 4.36. The summed E-state index contributed by atoms with van der Waals surface area (Å²) >= 11 is 0. The first-order chi connectivity index (χ1) is 19.1. The molecule has 0 bridgehead atoms. The zero-order valence-corrected chi connectivity index (χ0v) is 21.0. The Morgan fingerprint density at radius 3 is 2.15 bits per heavy atom. The van der Waals surface area contributed by atoms with Gasteiger partial charge in [0.2, 0.25) is 0 Å². The van der Waals surface area contributed by atoms with Crippen molar-refractivity contribution < 1.29 is 23.2 Å². The highest BCUT2D eigenvalue weighted by molar-refractivity contribution is 6.00. The molecular formula is C31H23N3O5. The minimum Gasteiger partial charge on any atom is -0.463 e. The number of hydrogen-bond acceptors (Lipinski definition) is 7. The SMILES string of the molecule is CCC(OC(=O)c1ccc2nc(-c3ccco3)c(-c3ccco3)nc2c1)C(=O)Nc1ccc2ccccc2c1. The summed E-state index contributed by atoms with van der Waals surface area (Å²) in [4.78, 5) is 35.5. The van der Waals surface area contributed by atoms with E-state index in [9.17, 15) is 9.59 Å². The smallest absolute Gasteiger partial charge is 0.338 e. The Balaban J connectivity index is 1.25. The predicted molar refractivity (Wildman–Crippen MR) is 147 cm³/mol. The number of amides is 1. The van der Waals surface area contributed by atoms with Crippen molar-refractivity contribution in [3.05, 3.63) is 103 Å². The van der Waals surface area contributed by atoms with Crippen molar-refractivity contribution in [2.45, 2.75) is 19.4 Å². The van der Waals surface area contributed by atoms with Gasteiger partial charge in [-0.25, -0.2) is 14.8 Å². The number of rotatable bonds is 7. The molecule has 0 aliphatic rings. The molecular weight excluding hydrogens is 494 g/mol. The number of anilines is 1. The van der Waals surface area contributed by atoms with Crippen molar-refractivity contribution >= 4 is 39.4 Å². The molecule has 3 aromatic carbocycles. The predicted octanol–water partition coefficient (Wildman–Crippen LogP) is 6.88. The Morgan fingerprint density at radius 1 is 0.795 bits per heavy atom. The van der Waals surface area contributed by atoms with Gasteiger partial charge in [-0.1, -0.05) is 37.3 Å². The Morgan fingerprint density at radius 2 is 1.49 bits per heavy atom. The second-order valence-corrected chi connectivity index (χ2v) is 8.93. The van der Waals surface area contributed by atoms with Crippen LogP contribution in [0.4, 0.5) is 5.69 Å². The van der Waals surface area contributed by atoms with Gasteiger partial charge < -0.3 is 18.9 Å². The van der Waals surface area contributed by atoms with E-state index in [2.05, 4.69) is 5.32 Å². The molecule has 6 aromatic rings. The first-order valence-corrected chi connectivity index (χ1v) is 12.5. The van der Waals surface area contributed by atoms with Crippen molar-refractivity contribution in [3.8, 4) is 22.9 Å².